The predicted octanol–water partition coefficient (Wildman–Crippen LogP) is 2.08. The molecule has 0 spiro atoms. The van der Waals surface area contributed by atoms with Gasteiger partial charge in [0.1, 0.15) is 5.82 Å². The second-order valence-electron chi connectivity index (χ2n) is 5.88. The first-order valence-electron chi connectivity index (χ1n) is 8.21. The van der Waals surface area contributed by atoms with Gasteiger partial charge in [-0.15, -0.1) is 0 Å². The summed E-state index contributed by atoms with van der Waals surface area (Å²) in [5, 5.41) is 6.59. The van der Waals surface area contributed by atoms with E-state index in [1.807, 2.05) is 10.8 Å². The molecule has 0 atom stereocenters. The molecular formula is C18H20FN3O2S. The Morgan fingerprint density at radius 1 is 1.12 bits per heavy atom. The summed E-state index contributed by atoms with van der Waals surface area (Å²) in [6, 6.07) is 7.87. The lowest BCUT2D eigenvalue weighted by molar-refractivity contribution is 0.0633. The van der Waals surface area contributed by atoms with Gasteiger partial charge in [-0.3, -0.25) is 14.5 Å². The molecule has 1 N–H and O–H groups in total. The van der Waals surface area contributed by atoms with Crippen LogP contribution in [-0.2, 0) is 0 Å². The van der Waals surface area contributed by atoms with Crippen LogP contribution in [-0.4, -0.2) is 60.9 Å². The Kier molecular flexibility index (Phi) is 5.78. The zero-order valence-corrected chi connectivity index (χ0v) is 14.6. The van der Waals surface area contributed by atoms with Crippen molar-refractivity contribution >= 4 is 23.2 Å². The summed E-state index contributed by atoms with van der Waals surface area (Å²) in [5.41, 5.74) is 0.810. The van der Waals surface area contributed by atoms with Gasteiger partial charge < -0.3 is 10.2 Å². The number of amides is 2. The minimum Gasteiger partial charge on any atom is -0.351 e. The molecule has 1 aromatic carbocycles. The van der Waals surface area contributed by atoms with Crippen LogP contribution in [0.3, 0.4) is 0 Å². The van der Waals surface area contributed by atoms with E-state index < -0.39 is 5.82 Å². The SMILES string of the molecule is O=C(NCCN1CCN(C(=O)c2ccccc2F)CC1)c1ccsc1. The Morgan fingerprint density at radius 2 is 1.88 bits per heavy atom. The molecule has 1 aliphatic heterocycles. The van der Waals surface area contributed by atoms with Crippen molar-refractivity contribution in [3.8, 4) is 0 Å². The van der Waals surface area contributed by atoms with E-state index in [-0.39, 0.29) is 17.4 Å². The Labute approximate surface area is 150 Å². The molecule has 3 rings (SSSR count). The third kappa shape index (κ3) is 4.43. The number of nitrogens with zero attached hydrogens (tertiary/aromatic N) is 2. The molecule has 7 heteroatoms. The highest BCUT2D eigenvalue weighted by atomic mass is 32.1. The number of benzene rings is 1. The fourth-order valence-electron chi connectivity index (χ4n) is 2.80. The molecule has 0 bridgehead atoms. The summed E-state index contributed by atoms with van der Waals surface area (Å²) in [7, 11) is 0. The number of nitrogens with one attached hydrogen (secondary N) is 1. The van der Waals surface area contributed by atoms with E-state index in [4.69, 9.17) is 0 Å². The van der Waals surface area contributed by atoms with E-state index in [0.717, 1.165) is 6.54 Å². The van der Waals surface area contributed by atoms with Crippen molar-refractivity contribution in [1.29, 1.82) is 0 Å². The number of thiophene rings is 1. The van der Waals surface area contributed by atoms with Crippen molar-refractivity contribution in [3.63, 3.8) is 0 Å². The number of rotatable bonds is 5. The number of halogens is 1. The second-order valence-corrected chi connectivity index (χ2v) is 6.66. The van der Waals surface area contributed by atoms with Gasteiger partial charge in [0.05, 0.1) is 5.56 Å². The predicted molar refractivity (Wildman–Crippen MR) is 95.4 cm³/mol. The van der Waals surface area contributed by atoms with Crippen LogP contribution in [0.25, 0.3) is 0 Å². The van der Waals surface area contributed by atoms with E-state index in [9.17, 15) is 14.0 Å². The molecule has 132 valence electrons. The minimum absolute atomic E-state index is 0.0605. The number of carbonyl (C=O) groups excluding carboxylic acids is 2. The van der Waals surface area contributed by atoms with Crippen molar-refractivity contribution in [3.05, 3.63) is 58.0 Å². The number of carbonyl (C=O) groups is 2. The van der Waals surface area contributed by atoms with Gasteiger partial charge in [0.2, 0.25) is 0 Å². The zero-order valence-electron chi connectivity index (χ0n) is 13.8. The lowest BCUT2D eigenvalue weighted by atomic mass is 10.1. The van der Waals surface area contributed by atoms with E-state index >= 15 is 0 Å². The van der Waals surface area contributed by atoms with Gasteiger partial charge in [0.15, 0.2) is 0 Å². The maximum atomic E-state index is 13.7. The maximum absolute atomic E-state index is 13.7. The fourth-order valence-corrected chi connectivity index (χ4v) is 3.44. The normalized spacial score (nSPS) is 15.2. The largest absolute Gasteiger partial charge is 0.351 e. The van der Waals surface area contributed by atoms with Crippen LogP contribution in [0.1, 0.15) is 20.7 Å². The van der Waals surface area contributed by atoms with Crippen molar-refractivity contribution in [2.24, 2.45) is 0 Å². The molecule has 2 aromatic rings. The Morgan fingerprint density at radius 3 is 2.56 bits per heavy atom. The smallest absolute Gasteiger partial charge is 0.256 e. The summed E-state index contributed by atoms with van der Waals surface area (Å²) in [5.74, 6) is -0.802. The molecule has 2 heterocycles. The maximum Gasteiger partial charge on any atom is 0.256 e. The van der Waals surface area contributed by atoms with Crippen molar-refractivity contribution in [1.82, 2.24) is 15.1 Å². The van der Waals surface area contributed by atoms with Gasteiger partial charge >= 0.3 is 0 Å². The van der Waals surface area contributed by atoms with Crippen LogP contribution in [0.4, 0.5) is 4.39 Å². The van der Waals surface area contributed by atoms with Crippen LogP contribution >= 0.6 is 11.3 Å². The second kappa shape index (κ2) is 8.22. The van der Waals surface area contributed by atoms with E-state index in [2.05, 4.69) is 10.2 Å². The summed E-state index contributed by atoms with van der Waals surface area (Å²) >= 11 is 1.50. The first-order chi connectivity index (χ1) is 12.1. The van der Waals surface area contributed by atoms with E-state index in [0.29, 0.717) is 38.3 Å². The van der Waals surface area contributed by atoms with Gasteiger partial charge in [0.25, 0.3) is 11.8 Å². The van der Waals surface area contributed by atoms with Crippen LogP contribution in [0, 0.1) is 5.82 Å². The highest BCUT2D eigenvalue weighted by Gasteiger charge is 2.23. The van der Waals surface area contributed by atoms with Crippen LogP contribution < -0.4 is 5.32 Å². The molecule has 1 aliphatic rings. The van der Waals surface area contributed by atoms with Crippen LogP contribution in [0.5, 0.6) is 0 Å². The third-order valence-electron chi connectivity index (χ3n) is 4.26. The summed E-state index contributed by atoms with van der Waals surface area (Å²) in [6.07, 6.45) is 0. The molecule has 0 aliphatic carbocycles. The monoisotopic (exact) mass is 361 g/mol. The summed E-state index contributed by atoms with van der Waals surface area (Å²) in [4.78, 5) is 28.1. The van der Waals surface area contributed by atoms with Gasteiger partial charge in [-0.05, 0) is 23.6 Å². The average molecular weight is 361 g/mol. The van der Waals surface area contributed by atoms with Crippen molar-refractivity contribution in [2.45, 2.75) is 0 Å². The minimum atomic E-state index is -0.480. The zero-order chi connectivity index (χ0) is 17.6. The molecule has 25 heavy (non-hydrogen) atoms. The average Bonchev–Trinajstić information content (AvgIpc) is 3.17. The molecular weight excluding hydrogens is 341 g/mol. The van der Waals surface area contributed by atoms with Crippen LogP contribution in [0.2, 0.25) is 0 Å². The Bertz CT molecular complexity index is 728. The molecule has 1 fully saturated rings. The molecule has 2 amide bonds. The molecule has 0 unspecified atom stereocenters. The summed E-state index contributed by atoms with van der Waals surface area (Å²) in [6.45, 7) is 3.86. The van der Waals surface area contributed by atoms with Crippen molar-refractivity contribution < 1.29 is 14.0 Å². The number of piperazine rings is 1. The lowest BCUT2D eigenvalue weighted by Crippen LogP contribution is -2.50. The number of hydrogen-bond acceptors (Lipinski definition) is 4. The Balaban J connectivity index is 1.42. The molecule has 0 radical (unpaired) electrons. The molecule has 1 aromatic heterocycles. The van der Waals surface area contributed by atoms with Crippen LogP contribution in [0.15, 0.2) is 41.1 Å². The first kappa shape index (κ1) is 17.6. The quantitative estimate of drug-likeness (QED) is 0.887. The van der Waals surface area contributed by atoms with E-state index in [1.54, 1.807) is 23.1 Å². The van der Waals surface area contributed by atoms with Gasteiger partial charge in [0, 0.05) is 50.2 Å². The molecule has 1 saturated heterocycles. The topological polar surface area (TPSA) is 52.7 Å². The molecule has 0 saturated carbocycles. The lowest BCUT2D eigenvalue weighted by Gasteiger charge is -2.34. The number of hydrogen-bond donors (Lipinski definition) is 1. The Hall–Kier alpha value is -2.25. The van der Waals surface area contributed by atoms with Crippen molar-refractivity contribution in [2.75, 3.05) is 39.3 Å². The van der Waals surface area contributed by atoms with Gasteiger partial charge in [-0.1, -0.05) is 12.1 Å². The summed E-state index contributed by atoms with van der Waals surface area (Å²) < 4.78 is 13.7. The highest BCUT2D eigenvalue weighted by molar-refractivity contribution is 7.08. The fraction of sp³-hybridized carbons (Fsp3) is 0.333. The first-order valence-corrected chi connectivity index (χ1v) is 9.16. The molecule has 5 nitrogen and oxygen atoms in total. The van der Waals surface area contributed by atoms with Gasteiger partial charge in [-0.2, -0.15) is 11.3 Å². The van der Waals surface area contributed by atoms with Gasteiger partial charge in [-0.25, -0.2) is 4.39 Å². The third-order valence-corrected chi connectivity index (χ3v) is 4.94. The standard InChI is InChI=1S/C18H20FN3O2S/c19-16-4-2-1-3-15(16)18(24)22-10-8-21(9-11-22)7-6-20-17(23)14-5-12-25-13-14/h1-5,12-13H,6-11H2,(H,20,23). The van der Waals surface area contributed by atoms with E-state index in [1.165, 1.54) is 23.5 Å². The highest BCUT2D eigenvalue weighted by Crippen LogP contribution is 2.12.